The predicted molar refractivity (Wildman–Crippen MR) is 57.4 cm³/mol. The van der Waals surface area contributed by atoms with Gasteiger partial charge in [-0.3, -0.25) is 0 Å². The molecular weight excluding hydrogens is 180 g/mol. The number of methoxy groups -OCH3 is 1. The number of nitrogens with two attached hydrogens (primary N) is 1. The quantitative estimate of drug-likeness (QED) is 0.688. The van der Waals surface area contributed by atoms with Gasteiger partial charge in [-0.05, 0) is 13.8 Å². The second-order valence-corrected chi connectivity index (χ2v) is 3.08. The van der Waals surface area contributed by atoms with Crippen LogP contribution in [0.4, 0.5) is 11.5 Å². The zero-order valence-corrected chi connectivity index (χ0v) is 9.00. The number of rotatable bonds is 5. The minimum Gasteiger partial charge on any atom is -0.394 e. The Kier molecular flexibility index (Phi) is 3.76. The van der Waals surface area contributed by atoms with Crippen LogP contribution in [0.2, 0.25) is 0 Å². The van der Waals surface area contributed by atoms with Crippen molar-refractivity contribution in [1.29, 1.82) is 0 Å². The van der Waals surface area contributed by atoms with Gasteiger partial charge in [-0.1, -0.05) is 0 Å². The van der Waals surface area contributed by atoms with Crippen LogP contribution < -0.4 is 11.1 Å². The maximum absolute atomic E-state index is 5.87. The van der Waals surface area contributed by atoms with Crippen molar-refractivity contribution in [2.75, 3.05) is 31.3 Å². The summed E-state index contributed by atoms with van der Waals surface area (Å²) in [6.07, 6.45) is 0. The molecule has 0 saturated heterocycles. The third-order valence-corrected chi connectivity index (χ3v) is 2.07. The monoisotopic (exact) mass is 198 g/mol. The Hall–Kier alpha value is -1.23. The largest absolute Gasteiger partial charge is 0.394 e. The van der Waals surface area contributed by atoms with Crippen LogP contribution in [0.5, 0.6) is 0 Å². The van der Waals surface area contributed by atoms with Crippen LogP contribution in [0.3, 0.4) is 0 Å². The van der Waals surface area contributed by atoms with Crippen LogP contribution in [0.1, 0.15) is 12.6 Å². The van der Waals surface area contributed by atoms with E-state index in [1.165, 1.54) is 0 Å². The summed E-state index contributed by atoms with van der Waals surface area (Å²) in [6, 6.07) is 0. The van der Waals surface area contributed by atoms with Crippen LogP contribution in [-0.4, -0.2) is 30.0 Å². The zero-order valence-electron chi connectivity index (χ0n) is 9.00. The lowest BCUT2D eigenvalue weighted by atomic mass is 10.4. The standard InChI is InChI=1S/C9H18N4O/c1-4-13-9(11-5-6-14-3)8(10)7(2)12-13/h11H,4-6,10H2,1-3H3. The molecule has 0 unspecified atom stereocenters. The van der Waals surface area contributed by atoms with Crippen LogP contribution >= 0.6 is 0 Å². The fourth-order valence-electron chi connectivity index (χ4n) is 1.28. The second-order valence-electron chi connectivity index (χ2n) is 3.08. The zero-order chi connectivity index (χ0) is 10.6. The van der Waals surface area contributed by atoms with Gasteiger partial charge in [0.05, 0.1) is 18.0 Å². The molecule has 1 aromatic rings. The number of nitrogens with one attached hydrogen (secondary N) is 1. The first-order valence-electron chi connectivity index (χ1n) is 4.76. The molecule has 3 N–H and O–H groups in total. The van der Waals surface area contributed by atoms with Gasteiger partial charge >= 0.3 is 0 Å². The summed E-state index contributed by atoms with van der Waals surface area (Å²) in [4.78, 5) is 0. The van der Waals surface area contributed by atoms with Gasteiger partial charge in [0.1, 0.15) is 5.82 Å². The molecule has 1 aromatic heterocycles. The van der Waals surface area contributed by atoms with Gasteiger partial charge in [-0.15, -0.1) is 0 Å². The van der Waals surface area contributed by atoms with E-state index in [0.29, 0.717) is 6.61 Å². The SMILES string of the molecule is CCn1nc(C)c(N)c1NCCOC. The van der Waals surface area contributed by atoms with Crippen LogP contribution in [0.15, 0.2) is 0 Å². The highest BCUT2D eigenvalue weighted by Gasteiger charge is 2.09. The van der Waals surface area contributed by atoms with Crippen molar-refractivity contribution in [2.45, 2.75) is 20.4 Å². The average Bonchev–Trinajstić information content (AvgIpc) is 2.45. The summed E-state index contributed by atoms with van der Waals surface area (Å²) in [5.41, 5.74) is 7.47. The molecule has 0 amide bonds. The van der Waals surface area contributed by atoms with E-state index in [4.69, 9.17) is 10.5 Å². The Morgan fingerprint density at radius 3 is 2.86 bits per heavy atom. The van der Waals surface area contributed by atoms with Gasteiger partial charge in [0, 0.05) is 20.2 Å². The summed E-state index contributed by atoms with van der Waals surface area (Å²) >= 11 is 0. The number of nitrogens with zero attached hydrogens (tertiary/aromatic N) is 2. The fraction of sp³-hybridized carbons (Fsp3) is 0.667. The van der Waals surface area contributed by atoms with Crippen molar-refractivity contribution in [3.05, 3.63) is 5.69 Å². The first-order chi connectivity index (χ1) is 6.70. The molecule has 14 heavy (non-hydrogen) atoms. The molecule has 5 nitrogen and oxygen atoms in total. The number of hydrogen-bond donors (Lipinski definition) is 2. The molecular formula is C9H18N4O. The van der Waals surface area contributed by atoms with Gasteiger partial charge in [-0.25, -0.2) is 4.68 Å². The van der Waals surface area contributed by atoms with E-state index in [9.17, 15) is 0 Å². The number of ether oxygens (including phenoxy) is 1. The summed E-state index contributed by atoms with van der Waals surface area (Å²) in [7, 11) is 1.67. The van der Waals surface area contributed by atoms with Gasteiger partial charge in [0.15, 0.2) is 0 Å². The third-order valence-electron chi connectivity index (χ3n) is 2.07. The maximum atomic E-state index is 5.87. The molecule has 5 heteroatoms. The number of aryl methyl sites for hydroxylation is 2. The van der Waals surface area contributed by atoms with Crippen molar-refractivity contribution in [1.82, 2.24) is 9.78 Å². The van der Waals surface area contributed by atoms with Crippen LogP contribution in [-0.2, 0) is 11.3 Å². The van der Waals surface area contributed by atoms with Crippen molar-refractivity contribution >= 4 is 11.5 Å². The average molecular weight is 198 g/mol. The van der Waals surface area contributed by atoms with Gasteiger partial charge < -0.3 is 15.8 Å². The van der Waals surface area contributed by atoms with E-state index in [-0.39, 0.29) is 0 Å². The van der Waals surface area contributed by atoms with E-state index in [1.807, 2.05) is 18.5 Å². The molecule has 80 valence electrons. The third kappa shape index (κ3) is 2.17. The van der Waals surface area contributed by atoms with Crippen LogP contribution in [0.25, 0.3) is 0 Å². The number of hydrogen-bond acceptors (Lipinski definition) is 4. The Labute approximate surface area is 84.2 Å². The minimum absolute atomic E-state index is 0.660. The molecule has 0 aromatic carbocycles. The molecule has 1 rings (SSSR count). The highest BCUT2D eigenvalue weighted by molar-refractivity contribution is 5.64. The van der Waals surface area contributed by atoms with E-state index in [0.717, 1.165) is 30.3 Å². The molecule has 0 radical (unpaired) electrons. The Morgan fingerprint density at radius 2 is 2.29 bits per heavy atom. The Bertz CT molecular complexity index is 295. The highest BCUT2D eigenvalue weighted by Crippen LogP contribution is 2.21. The van der Waals surface area contributed by atoms with E-state index < -0.39 is 0 Å². The van der Waals surface area contributed by atoms with Crippen molar-refractivity contribution < 1.29 is 4.74 Å². The van der Waals surface area contributed by atoms with Crippen molar-refractivity contribution in [2.24, 2.45) is 0 Å². The minimum atomic E-state index is 0.660. The molecule has 0 aliphatic rings. The Balaban J connectivity index is 2.72. The molecule has 0 bridgehead atoms. The summed E-state index contributed by atoms with van der Waals surface area (Å²) < 4.78 is 6.81. The fourth-order valence-corrected chi connectivity index (χ4v) is 1.28. The summed E-state index contributed by atoms with van der Waals surface area (Å²) in [5.74, 6) is 0.891. The van der Waals surface area contributed by atoms with E-state index in [1.54, 1.807) is 7.11 Å². The molecule has 0 atom stereocenters. The smallest absolute Gasteiger partial charge is 0.148 e. The molecule has 0 spiro atoms. The molecule has 0 aliphatic carbocycles. The lowest BCUT2D eigenvalue weighted by molar-refractivity contribution is 0.210. The maximum Gasteiger partial charge on any atom is 0.148 e. The summed E-state index contributed by atoms with van der Waals surface area (Å²) in [6.45, 7) is 6.16. The second kappa shape index (κ2) is 4.85. The van der Waals surface area contributed by atoms with E-state index in [2.05, 4.69) is 10.4 Å². The molecule has 0 saturated carbocycles. The molecule has 0 fully saturated rings. The predicted octanol–water partition coefficient (Wildman–Crippen LogP) is 0.852. The van der Waals surface area contributed by atoms with Crippen LogP contribution in [0, 0.1) is 6.92 Å². The normalized spacial score (nSPS) is 10.5. The number of aromatic nitrogens is 2. The van der Waals surface area contributed by atoms with Gasteiger partial charge in [0.2, 0.25) is 0 Å². The lowest BCUT2D eigenvalue weighted by Crippen LogP contribution is -2.12. The lowest BCUT2D eigenvalue weighted by Gasteiger charge is -2.08. The number of anilines is 2. The molecule has 0 aliphatic heterocycles. The molecule has 1 heterocycles. The van der Waals surface area contributed by atoms with E-state index >= 15 is 0 Å². The number of nitrogen functional groups attached to an aromatic ring is 1. The van der Waals surface area contributed by atoms with Crippen molar-refractivity contribution in [3.63, 3.8) is 0 Å². The van der Waals surface area contributed by atoms with Gasteiger partial charge in [-0.2, -0.15) is 5.10 Å². The summed E-state index contributed by atoms with van der Waals surface area (Å²) in [5, 5.41) is 7.50. The Morgan fingerprint density at radius 1 is 1.57 bits per heavy atom. The van der Waals surface area contributed by atoms with Crippen molar-refractivity contribution in [3.8, 4) is 0 Å². The van der Waals surface area contributed by atoms with Gasteiger partial charge in [0.25, 0.3) is 0 Å². The first-order valence-corrected chi connectivity index (χ1v) is 4.76. The highest BCUT2D eigenvalue weighted by atomic mass is 16.5. The first kappa shape index (κ1) is 10.8. The topological polar surface area (TPSA) is 65.1 Å².